The van der Waals surface area contributed by atoms with Gasteiger partial charge in [-0.15, -0.1) is 0 Å². The molecule has 0 N–H and O–H groups in total. The summed E-state index contributed by atoms with van der Waals surface area (Å²) in [5, 5.41) is 6.99. The number of hydrogen-bond donors (Lipinski definition) is 0. The van der Waals surface area contributed by atoms with E-state index in [2.05, 4.69) is 174 Å². The monoisotopic (exact) mass is 668 g/mol. The van der Waals surface area contributed by atoms with E-state index in [1.54, 1.807) is 6.20 Å². The zero-order chi connectivity index (χ0) is 34.4. The van der Waals surface area contributed by atoms with Gasteiger partial charge in [-0.2, -0.15) is 0 Å². The summed E-state index contributed by atoms with van der Waals surface area (Å²) in [7, 11) is 0. The number of furan rings is 1. The Morgan fingerprint density at radius 3 is 2.13 bits per heavy atom. The topological polar surface area (TPSA) is 29.3 Å². The molecule has 10 rings (SSSR count). The van der Waals surface area contributed by atoms with Crippen LogP contribution in [0.1, 0.15) is 30.4 Å². The summed E-state index contributed by atoms with van der Waals surface area (Å²) in [6, 6.07) is 48.2. The summed E-state index contributed by atoms with van der Waals surface area (Å²) in [6.07, 6.45) is 18.9. The molecular weight excluding hydrogens is 633 g/mol. The van der Waals surface area contributed by atoms with Crippen molar-refractivity contribution in [3.63, 3.8) is 0 Å². The maximum absolute atomic E-state index is 6.45. The van der Waals surface area contributed by atoms with Crippen LogP contribution in [-0.2, 0) is 0 Å². The standard InChI is InChI=1S/C49H36N2O/c1-3-12-33(13-4-1)34-21-25-38(26-22-34)51(48-42-17-8-7-16-37(42)32-46-47(48)45-20-11-31-50-49(45)52-46)39-27-23-36(24-28-39)41-30-29-40(35-14-5-2-6-15-35)43-18-9-10-19-44(41)43/h2-3,5-27,29-32,39H,1,4,28H2. The highest BCUT2D eigenvalue weighted by molar-refractivity contribution is 6.20. The number of hydrogen-bond acceptors (Lipinski definition) is 3. The van der Waals surface area contributed by atoms with Gasteiger partial charge in [-0.3, -0.25) is 0 Å². The summed E-state index contributed by atoms with van der Waals surface area (Å²) in [4.78, 5) is 7.16. The Balaban J connectivity index is 1.12. The highest BCUT2D eigenvalue weighted by Gasteiger charge is 2.27. The van der Waals surface area contributed by atoms with E-state index in [1.165, 1.54) is 49.6 Å². The maximum atomic E-state index is 6.45. The quantitative estimate of drug-likeness (QED) is 0.177. The third kappa shape index (κ3) is 5.17. The molecule has 0 radical (unpaired) electrons. The predicted octanol–water partition coefficient (Wildman–Crippen LogP) is 13.2. The molecule has 248 valence electrons. The molecule has 2 aromatic heterocycles. The average Bonchev–Trinajstić information content (AvgIpc) is 3.59. The first-order valence-corrected chi connectivity index (χ1v) is 18.2. The van der Waals surface area contributed by atoms with Gasteiger partial charge >= 0.3 is 0 Å². The van der Waals surface area contributed by atoms with Crippen LogP contribution in [0, 0.1) is 0 Å². The van der Waals surface area contributed by atoms with Gasteiger partial charge in [-0.25, -0.2) is 4.98 Å². The van der Waals surface area contributed by atoms with E-state index < -0.39 is 0 Å². The second-order valence-electron chi connectivity index (χ2n) is 13.7. The number of benzene rings is 6. The van der Waals surface area contributed by atoms with Crippen LogP contribution in [0.15, 0.2) is 181 Å². The second-order valence-corrected chi connectivity index (χ2v) is 13.7. The van der Waals surface area contributed by atoms with Gasteiger partial charge in [0.15, 0.2) is 0 Å². The molecule has 6 aromatic carbocycles. The summed E-state index contributed by atoms with van der Waals surface area (Å²) >= 11 is 0. The van der Waals surface area contributed by atoms with Crippen molar-refractivity contribution in [1.29, 1.82) is 0 Å². The second kappa shape index (κ2) is 12.7. The Morgan fingerprint density at radius 2 is 1.35 bits per heavy atom. The molecule has 2 aliphatic rings. The molecule has 2 heterocycles. The highest BCUT2D eigenvalue weighted by atomic mass is 16.3. The summed E-state index contributed by atoms with van der Waals surface area (Å²) in [5.74, 6) is 0. The fourth-order valence-electron chi connectivity index (χ4n) is 8.21. The van der Waals surface area contributed by atoms with Gasteiger partial charge in [0, 0.05) is 17.3 Å². The summed E-state index contributed by atoms with van der Waals surface area (Å²) in [6.45, 7) is 0. The van der Waals surface area contributed by atoms with Crippen LogP contribution in [0.5, 0.6) is 0 Å². The maximum Gasteiger partial charge on any atom is 0.227 e. The van der Waals surface area contributed by atoms with E-state index in [0.29, 0.717) is 5.71 Å². The summed E-state index contributed by atoms with van der Waals surface area (Å²) in [5.41, 5.74) is 11.3. The Kier molecular flexibility index (Phi) is 7.42. The number of anilines is 2. The van der Waals surface area contributed by atoms with Crippen LogP contribution in [0.3, 0.4) is 0 Å². The van der Waals surface area contributed by atoms with Gasteiger partial charge in [-0.1, -0.05) is 140 Å². The molecule has 0 saturated carbocycles. The van der Waals surface area contributed by atoms with E-state index in [-0.39, 0.29) is 6.04 Å². The highest BCUT2D eigenvalue weighted by Crippen LogP contribution is 2.46. The lowest BCUT2D eigenvalue weighted by molar-refractivity contribution is 0.654. The lowest BCUT2D eigenvalue weighted by Crippen LogP contribution is -2.30. The SMILES string of the molecule is C1=CC(c2ccc(N(c3c4ccccc4cc4oc5ncccc5c34)C3C=CC(c4ccc(-c5ccccc5)c5ccccc45)=CC3)cc2)=CCC1. The Bertz CT molecular complexity index is 2760. The molecule has 1 atom stereocenters. The van der Waals surface area contributed by atoms with Crippen LogP contribution in [0.2, 0.25) is 0 Å². The van der Waals surface area contributed by atoms with Crippen molar-refractivity contribution < 1.29 is 4.42 Å². The molecule has 3 heteroatoms. The Labute approximate surface area is 303 Å². The molecule has 0 bridgehead atoms. The van der Waals surface area contributed by atoms with Crippen LogP contribution in [-0.4, -0.2) is 11.0 Å². The minimum absolute atomic E-state index is 0.0638. The van der Waals surface area contributed by atoms with Crippen molar-refractivity contribution in [2.24, 2.45) is 0 Å². The number of allylic oxidation sites excluding steroid dienone is 6. The van der Waals surface area contributed by atoms with Crippen LogP contribution < -0.4 is 4.90 Å². The van der Waals surface area contributed by atoms with Gasteiger partial charge in [0.25, 0.3) is 0 Å². The Hall–Kier alpha value is -6.45. The first-order chi connectivity index (χ1) is 25.8. The van der Waals surface area contributed by atoms with E-state index in [0.717, 1.165) is 52.4 Å². The number of pyridine rings is 1. The normalized spacial score (nSPS) is 15.7. The fourth-order valence-corrected chi connectivity index (χ4v) is 8.21. The van der Waals surface area contributed by atoms with E-state index in [4.69, 9.17) is 4.42 Å². The van der Waals surface area contributed by atoms with Crippen molar-refractivity contribution in [3.8, 4) is 11.1 Å². The van der Waals surface area contributed by atoms with Crippen LogP contribution in [0.4, 0.5) is 11.4 Å². The molecule has 0 amide bonds. The molecule has 2 aliphatic carbocycles. The minimum Gasteiger partial charge on any atom is -0.438 e. The number of fused-ring (bicyclic) bond motifs is 5. The molecule has 0 aliphatic heterocycles. The zero-order valence-corrected chi connectivity index (χ0v) is 28.7. The minimum atomic E-state index is 0.0638. The molecule has 8 aromatic rings. The fraction of sp³-hybridized carbons (Fsp3) is 0.0816. The van der Waals surface area contributed by atoms with Crippen molar-refractivity contribution in [2.75, 3.05) is 4.90 Å². The lowest BCUT2D eigenvalue weighted by atomic mass is 9.89. The van der Waals surface area contributed by atoms with E-state index in [9.17, 15) is 0 Å². The van der Waals surface area contributed by atoms with Gasteiger partial charge in [0.2, 0.25) is 5.71 Å². The number of rotatable bonds is 6. The van der Waals surface area contributed by atoms with Crippen molar-refractivity contribution in [2.45, 2.75) is 25.3 Å². The largest absolute Gasteiger partial charge is 0.438 e. The Morgan fingerprint density at radius 1 is 0.596 bits per heavy atom. The van der Waals surface area contributed by atoms with E-state index >= 15 is 0 Å². The van der Waals surface area contributed by atoms with Crippen LogP contribution >= 0.6 is 0 Å². The average molecular weight is 669 g/mol. The molecular formula is C49H36N2O. The molecule has 3 nitrogen and oxygen atoms in total. The third-order valence-corrected chi connectivity index (χ3v) is 10.7. The third-order valence-electron chi connectivity index (χ3n) is 10.7. The van der Waals surface area contributed by atoms with Crippen molar-refractivity contribution >= 4 is 66.1 Å². The molecule has 52 heavy (non-hydrogen) atoms. The zero-order valence-electron chi connectivity index (χ0n) is 28.7. The van der Waals surface area contributed by atoms with Crippen molar-refractivity contribution in [1.82, 2.24) is 4.98 Å². The molecule has 1 unspecified atom stereocenters. The van der Waals surface area contributed by atoms with Gasteiger partial charge in [0.1, 0.15) is 5.58 Å². The number of aromatic nitrogens is 1. The first-order valence-electron chi connectivity index (χ1n) is 18.2. The predicted molar refractivity (Wildman–Crippen MR) is 219 cm³/mol. The molecule has 0 saturated heterocycles. The van der Waals surface area contributed by atoms with Gasteiger partial charge in [0.05, 0.1) is 22.5 Å². The van der Waals surface area contributed by atoms with Gasteiger partial charge < -0.3 is 9.32 Å². The first kappa shape index (κ1) is 30.4. The summed E-state index contributed by atoms with van der Waals surface area (Å²) < 4.78 is 6.45. The van der Waals surface area contributed by atoms with Crippen LogP contribution in [0.25, 0.3) is 65.9 Å². The van der Waals surface area contributed by atoms with Gasteiger partial charge in [-0.05, 0) is 99.2 Å². The smallest absolute Gasteiger partial charge is 0.227 e. The molecule has 0 spiro atoms. The van der Waals surface area contributed by atoms with Crippen molar-refractivity contribution in [3.05, 3.63) is 187 Å². The lowest BCUT2D eigenvalue weighted by Gasteiger charge is -2.35. The van der Waals surface area contributed by atoms with E-state index in [1.807, 2.05) is 6.07 Å². The molecule has 0 fully saturated rings. The number of nitrogens with zero attached hydrogens (tertiary/aromatic N) is 2.